The molecule has 8 nitrogen and oxygen atoms in total. The number of hydrogen-bond acceptors (Lipinski definition) is 6. The summed E-state index contributed by atoms with van der Waals surface area (Å²) in [5.41, 5.74) is 0.973. The minimum atomic E-state index is -0.505. The summed E-state index contributed by atoms with van der Waals surface area (Å²) < 4.78 is 5.54. The highest BCUT2D eigenvalue weighted by molar-refractivity contribution is 8.15. The van der Waals surface area contributed by atoms with Crippen LogP contribution in [0.15, 0.2) is 45.8 Å². The third kappa shape index (κ3) is 5.84. The lowest BCUT2D eigenvalue weighted by Gasteiger charge is -2.27. The van der Waals surface area contributed by atoms with Crippen LogP contribution >= 0.6 is 11.8 Å². The molecule has 1 atom stereocenters. The zero-order valence-corrected chi connectivity index (χ0v) is 19.7. The van der Waals surface area contributed by atoms with Crippen LogP contribution in [-0.2, 0) is 16.1 Å². The van der Waals surface area contributed by atoms with Crippen molar-refractivity contribution in [3.8, 4) is 0 Å². The smallest absolute Gasteiger partial charge is 0.262 e. The molecule has 9 heteroatoms. The Morgan fingerprint density at radius 3 is 2.73 bits per heavy atom. The van der Waals surface area contributed by atoms with Crippen molar-refractivity contribution in [3.63, 3.8) is 0 Å². The summed E-state index contributed by atoms with van der Waals surface area (Å²) in [5, 5.41) is 3.04. The molecular weight excluding hydrogens is 440 g/mol. The fourth-order valence-corrected chi connectivity index (χ4v) is 5.05. The van der Waals surface area contributed by atoms with E-state index in [0.29, 0.717) is 23.6 Å². The Balaban J connectivity index is 1.32. The Labute approximate surface area is 197 Å². The minimum absolute atomic E-state index is 0.0419. The number of amides is 3. The predicted octanol–water partition coefficient (Wildman–Crippen LogP) is 3.67. The summed E-state index contributed by atoms with van der Waals surface area (Å²) >= 11 is 1.37. The van der Waals surface area contributed by atoms with Gasteiger partial charge in [0.1, 0.15) is 16.8 Å². The fraction of sp³-hybridized carbons (Fsp3) is 0.417. The molecule has 1 saturated heterocycles. The number of nitrogens with one attached hydrogen (secondary N) is 1. The first-order valence-corrected chi connectivity index (χ1v) is 12.0. The molecule has 3 heterocycles. The molecule has 2 aromatic rings. The lowest BCUT2D eigenvalue weighted by atomic mass is 10.1. The standard InChI is InChI=1S/C24H28N4O4S/c1-16-9-10-19(32-16)15-27(2)23(31)17-7-6-8-18(13-17)25-21(29)14-20-22(30)26-24(33-20)28-11-4-3-5-12-28/h6-10,13,20H,3-5,11-12,14-15H2,1-2H3,(H,25,29)/t20-/m1/s1. The van der Waals surface area contributed by atoms with Gasteiger partial charge in [-0.15, -0.1) is 0 Å². The number of carbonyl (C=O) groups excluding carboxylic acids is 3. The van der Waals surface area contributed by atoms with Gasteiger partial charge >= 0.3 is 0 Å². The fourth-order valence-electron chi connectivity index (χ4n) is 3.94. The molecule has 4 rings (SSSR count). The van der Waals surface area contributed by atoms with Gasteiger partial charge in [0.2, 0.25) is 5.91 Å². The van der Waals surface area contributed by atoms with Crippen LogP contribution in [0.1, 0.15) is 47.6 Å². The quantitative estimate of drug-likeness (QED) is 0.695. The van der Waals surface area contributed by atoms with Crippen molar-refractivity contribution in [2.24, 2.45) is 4.99 Å². The molecule has 33 heavy (non-hydrogen) atoms. The van der Waals surface area contributed by atoms with E-state index in [4.69, 9.17) is 4.42 Å². The highest BCUT2D eigenvalue weighted by atomic mass is 32.2. The lowest BCUT2D eigenvalue weighted by molar-refractivity contribution is -0.121. The van der Waals surface area contributed by atoms with Gasteiger partial charge in [0.15, 0.2) is 5.17 Å². The average molecular weight is 469 g/mol. The Kier molecular flexibility index (Phi) is 7.17. The second-order valence-corrected chi connectivity index (χ2v) is 9.56. The summed E-state index contributed by atoms with van der Waals surface area (Å²) in [6, 6.07) is 10.5. The van der Waals surface area contributed by atoms with Crippen LogP contribution in [-0.4, -0.2) is 58.1 Å². The molecule has 3 amide bonds. The Morgan fingerprint density at radius 2 is 2.00 bits per heavy atom. The zero-order chi connectivity index (χ0) is 23.4. The van der Waals surface area contributed by atoms with Gasteiger partial charge in [-0.2, -0.15) is 4.99 Å². The maximum Gasteiger partial charge on any atom is 0.262 e. The maximum absolute atomic E-state index is 12.8. The van der Waals surface area contributed by atoms with Crippen LogP contribution in [0.25, 0.3) is 0 Å². The predicted molar refractivity (Wildman–Crippen MR) is 128 cm³/mol. The summed E-state index contributed by atoms with van der Waals surface area (Å²) in [5.74, 6) is 0.788. The number of furan rings is 1. The van der Waals surface area contributed by atoms with E-state index in [1.807, 2.05) is 19.1 Å². The molecule has 1 fully saturated rings. The maximum atomic E-state index is 12.8. The molecule has 0 aliphatic carbocycles. The molecule has 2 aliphatic heterocycles. The van der Waals surface area contributed by atoms with Gasteiger partial charge in [-0.3, -0.25) is 14.4 Å². The summed E-state index contributed by atoms with van der Waals surface area (Å²) in [6.07, 6.45) is 3.45. The van der Waals surface area contributed by atoms with Gasteiger partial charge < -0.3 is 19.5 Å². The molecule has 174 valence electrons. The van der Waals surface area contributed by atoms with Gasteiger partial charge in [0.05, 0.1) is 6.54 Å². The molecule has 1 aromatic heterocycles. The molecular formula is C24H28N4O4S. The number of hydrogen-bond donors (Lipinski definition) is 1. The van der Waals surface area contributed by atoms with Crippen molar-refractivity contribution in [1.29, 1.82) is 0 Å². The van der Waals surface area contributed by atoms with Crippen LogP contribution in [0.3, 0.4) is 0 Å². The van der Waals surface area contributed by atoms with E-state index in [9.17, 15) is 14.4 Å². The molecule has 1 N–H and O–H groups in total. The minimum Gasteiger partial charge on any atom is -0.464 e. The monoisotopic (exact) mass is 468 g/mol. The van der Waals surface area contributed by atoms with Crippen molar-refractivity contribution in [3.05, 3.63) is 53.5 Å². The Morgan fingerprint density at radius 1 is 1.21 bits per heavy atom. The number of amidine groups is 1. The van der Waals surface area contributed by atoms with Crippen molar-refractivity contribution < 1.29 is 18.8 Å². The molecule has 0 unspecified atom stereocenters. The number of aliphatic imine (C=N–C) groups is 1. The third-order valence-corrected chi connectivity index (χ3v) is 6.87. The van der Waals surface area contributed by atoms with E-state index in [0.717, 1.165) is 36.9 Å². The van der Waals surface area contributed by atoms with Crippen LogP contribution in [0.5, 0.6) is 0 Å². The van der Waals surface area contributed by atoms with Crippen molar-refractivity contribution in [2.45, 2.75) is 44.4 Å². The van der Waals surface area contributed by atoms with Gasteiger partial charge in [-0.1, -0.05) is 17.8 Å². The Hall–Kier alpha value is -3.07. The van der Waals surface area contributed by atoms with Crippen molar-refractivity contribution in [1.82, 2.24) is 9.80 Å². The number of likely N-dealkylation sites (tertiary alicyclic amines) is 1. The number of rotatable bonds is 6. The second-order valence-electron chi connectivity index (χ2n) is 8.39. The third-order valence-electron chi connectivity index (χ3n) is 5.66. The van der Waals surface area contributed by atoms with Gasteiger partial charge in [-0.05, 0) is 56.5 Å². The van der Waals surface area contributed by atoms with Crippen LogP contribution in [0.2, 0.25) is 0 Å². The van der Waals surface area contributed by atoms with Crippen molar-refractivity contribution in [2.75, 3.05) is 25.5 Å². The van der Waals surface area contributed by atoms with E-state index < -0.39 is 5.25 Å². The van der Waals surface area contributed by atoms with Crippen LogP contribution in [0, 0.1) is 6.92 Å². The highest BCUT2D eigenvalue weighted by Gasteiger charge is 2.33. The van der Waals surface area contributed by atoms with E-state index in [-0.39, 0.29) is 24.1 Å². The molecule has 0 bridgehead atoms. The summed E-state index contributed by atoms with van der Waals surface area (Å²) in [4.78, 5) is 45.6. The normalized spacial score (nSPS) is 18.2. The zero-order valence-electron chi connectivity index (χ0n) is 18.9. The summed E-state index contributed by atoms with van der Waals surface area (Å²) in [6.45, 7) is 4.03. The number of piperidine rings is 1. The molecule has 0 spiro atoms. The van der Waals surface area contributed by atoms with Gasteiger partial charge in [-0.25, -0.2) is 0 Å². The number of nitrogens with zero attached hydrogens (tertiary/aromatic N) is 3. The van der Waals surface area contributed by atoms with Crippen LogP contribution in [0.4, 0.5) is 5.69 Å². The summed E-state index contributed by atoms with van der Waals surface area (Å²) in [7, 11) is 1.70. The van der Waals surface area contributed by atoms with E-state index in [1.165, 1.54) is 18.2 Å². The average Bonchev–Trinajstić information content (AvgIpc) is 3.38. The van der Waals surface area contributed by atoms with Crippen LogP contribution < -0.4 is 5.32 Å². The number of aryl methyl sites for hydroxylation is 1. The van der Waals surface area contributed by atoms with E-state index in [2.05, 4.69) is 15.2 Å². The van der Waals surface area contributed by atoms with Gasteiger partial charge in [0, 0.05) is 37.8 Å². The number of thioether (sulfide) groups is 1. The Bertz CT molecular complexity index is 1070. The first-order chi connectivity index (χ1) is 15.9. The number of anilines is 1. The molecule has 0 radical (unpaired) electrons. The molecule has 1 aromatic carbocycles. The molecule has 0 saturated carbocycles. The highest BCUT2D eigenvalue weighted by Crippen LogP contribution is 2.29. The number of carbonyl (C=O) groups is 3. The molecule has 2 aliphatic rings. The largest absolute Gasteiger partial charge is 0.464 e. The van der Waals surface area contributed by atoms with E-state index >= 15 is 0 Å². The lowest BCUT2D eigenvalue weighted by Crippen LogP contribution is -2.33. The second kappa shape index (κ2) is 10.2. The first kappa shape index (κ1) is 23.1. The SMILES string of the molecule is Cc1ccc(CN(C)C(=O)c2cccc(NC(=O)C[C@H]3SC(N4CCCCC4)=NC3=O)c2)o1. The van der Waals surface area contributed by atoms with Gasteiger partial charge in [0.25, 0.3) is 11.8 Å². The van der Waals surface area contributed by atoms with Crippen molar-refractivity contribution >= 4 is 40.3 Å². The first-order valence-electron chi connectivity index (χ1n) is 11.1. The van der Waals surface area contributed by atoms with E-state index in [1.54, 1.807) is 36.2 Å². The topological polar surface area (TPSA) is 95.2 Å². The number of benzene rings is 1.